The molecule has 1 aromatic carbocycles. The number of ether oxygens (including phenoxy) is 1. The normalized spacial score (nSPS) is 18.2. The van der Waals surface area contributed by atoms with Crippen LogP contribution in [-0.2, 0) is 25.3 Å². The van der Waals surface area contributed by atoms with Gasteiger partial charge in [0, 0.05) is 18.8 Å². The van der Waals surface area contributed by atoms with Crippen LogP contribution in [0.3, 0.4) is 0 Å². The van der Waals surface area contributed by atoms with Crippen LogP contribution in [0.5, 0.6) is 0 Å². The van der Waals surface area contributed by atoms with Crippen molar-refractivity contribution in [1.29, 1.82) is 0 Å². The van der Waals surface area contributed by atoms with Gasteiger partial charge < -0.3 is 15.4 Å². The van der Waals surface area contributed by atoms with Gasteiger partial charge in [0.2, 0.25) is 11.8 Å². The summed E-state index contributed by atoms with van der Waals surface area (Å²) in [5.41, 5.74) is -0.882. The Morgan fingerprint density at radius 1 is 1.38 bits per heavy atom. The summed E-state index contributed by atoms with van der Waals surface area (Å²) in [6.07, 6.45) is -4.74. The van der Waals surface area contributed by atoms with Crippen LogP contribution in [0.1, 0.15) is 12.0 Å². The molecule has 0 aromatic heterocycles. The maximum atomic E-state index is 12.7. The highest BCUT2D eigenvalue weighted by atomic mass is 19.4. The van der Waals surface area contributed by atoms with Crippen molar-refractivity contribution in [2.24, 2.45) is 0 Å². The zero-order valence-electron chi connectivity index (χ0n) is 13.9. The smallest absolute Gasteiger partial charge is 0.416 e. The molecule has 0 radical (unpaired) electrons. The molecule has 1 fully saturated rings. The second kappa shape index (κ2) is 8.17. The Kier molecular flexibility index (Phi) is 6.19. The fraction of sp³-hybridized carbons (Fsp3) is 0.438. The van der Waals surface area contributed by atoms with Crippen LogP contribution >= 0.6 is 0 Å². The zero-order chi connectivity index (χ0) is 19.3. The third-order valence-corrected chi connectivity index (χ3v) is 3.85. The molecule has 2 amide bonds. The molecule has 142 valence electrons. The standard InChI is InChI=1S/C16H18F3N3O4/c1-26-14(24)8-12-15(25)20-5-6-22(12)9-13(23)21-11-4-2-3-10(7-11)16(17,18)19/h2-4,7,12H,5-6,8-9H2,1H3,(H,20,25)(H,21,23)/t12-/m0/s1. The highest BCUT2D eigenvalue weighted by Crippen LogP contribution is 2.30. The van der Waals surface area contributed by atoms with E-state index in [1.165, 1.54) is 24.1 Å². The van der Waals surface area contributed by atoms with Crippen molar-refractivity contribution in [3.63, 3.8) is 0 Å². The van der Waals surface area contributed by atoms with Crippen molar-refractivity contribution < 1.29 is 32.3 Å². The van der Waals surface area contributed by atoms with E-state index in [-0.39, 0.29) is 18.7 Å². The molecule has 7 nitrogen and oxygen atoms in total. The van der Waals surface area contributed by atoms with Gasteiger partial charge in [0.05, 0.1) is 25.6 Å². The van der Waals surface area contributed by atoms with Gasteiger partial charge in [0.15, 0.2) is 0 Å². The van der Waals surface area contributed by atoms with Gasteiger partial charge in [-0.3, -0.25) is 19.3 Å². The van der Waals surface area contributed by atoms with Gasteiger partial charge in [0.1, 0.15) is 6.04 Å². The first-order valence-corrected chi connectivity index (χ1v) is 7.76. The van der Waals surface area contributed by atoms with Crippen LogP contribution in [-0.4, -0.2) is 55.5 Å². The van der Waals surface area contributed by atoms with Gasteiger partial charge in [0.25, 0.3) is 0 Å². The minimum atomic E-state index is -4.52. The Labute approximate surface area is 147 Å². The molecule has 1 saturated heterocycles. The number of piperazine rings is 1. The van der Waals surface area contributed by atoms with Gasteiger partial charge >= 0.3 is 12.1 Å². The summed E-state index contributed by atoms with van der Waals surface area (Å²) >= 11 is 0. The topological polar surface area (TPSA) is 87.7 Å². The fourth-order valence-electron chi connectivity index (χ4n) is 2.57. The average molecular weight is 373 g/mol. The molecule has 0 spiro atoms. The number of carbonyl (C=O) groups excluding carboxylic acids is 3. The number of methoxy groups -OCH3 is 1. The molecule has 0 aliphatic carbocycles. The molecule has 26 heavy (non-hydrogen) atoms. The SMILES string of the molecule is COC(=O)C[C@H]1C(=O)NCCN1CC(=O)Nc1cccc(C(F)(F)F)c1. The van der Waals surface area contributed by atoms with Crippen molar-refractivity contribution >= 4 is 23.5 Å². The van der Waals surface area contributed by atoms with Crippen LogP contribution in [0.2, 0.25) is 0 Å². The lowest BCUT2D eigenvalue weighted by molar-refractivity contribution is -0.146. The highest BCUT2D eigenvalue weighted by Gasteiger charge is 2.33. The lowest BCUT2D eigenvalue weighted by atomic mass is 10.1. The molecule has 0 saturated carbocycles. The van der Waals surface area contributed by atoms with Gasteiger partial charge in [-0.1, -0.05) is 6.07 Å². The Morgan fingerprint density at radius 3 is 2.77 bits per heavy atom. The number of carbonyl (C=O) groups is 3. The molecule has 1 heterocycles. The highest BCUT2D eigenvalue weighted by molar-refractivity contribution is 5.93. The maximum absolute atomic E-state index is 12.7. The molecular formula is C16H18F3N3O4. The Balaban J connectivity index is 2.03. The fourth-order valence-corrected chi connectivity index (χ4v) is 2.57. The molecule has 1 aliphatic heterocycles. The molecule has 1 aliphatic rings. The summed E-state index contributed by atoms with van der Waals surface area (Å²) in [5, 5.41) is 4.97. The second-order valence-corrected chi connectivity index (χ2v) is 5.68. The van der Waals surface area contributed by atoms with E-state index in [1.807, 2.05) is 0 Å². The number of nitrogens with zero attached hydrogens (tertiary/aromatic N) is 1. The Morgan fingerprint density at radius 2 is 2.12 bits per heavy atom. The number of nitrogens with one attached hydrogen (secondary N) is 2. The van der Waals surface area contributed by atoms with E-state index in [4.69, 9.17) is 0 Å². The van der Waals surface area contributed by atoms with E-state index in [0.29, 0.717) is 13.1 Å². The lowest BCUT2D eigenvalue weighted by Crippen LogP contribution is -2.57. The molecule has 2 rings (SSSR count). The number of rotatable bonds is 5. The number of alkyl halides is 3. The number of hydrogen-bond donors (Lipinski definition) is 2. The quantitative estimate of drug-likeness (QED) is 0.752. The molecule has 1 atom stereocenters. The number of anilines is 1. The summed E-state index contributed by atoms with van der Waals surface area (Å²) in [4.78, 5) is 37.0. The van der Waals surface area contributed by atoms with Gasteiger partial charge in [-0.2, -0.15) is 13.2 Å². The van der Waals surface area contributed by atoms with Crippen molar-refractivity contribution in [2.45, 2.75) is 18.6 Å². The number of amides is 2. The zero-order valence-corrected chi connectivity index (χ0v) is 13.9. The van der Waals surface area contributed by atoms with Crippen molar-refractivity contribution in [3.05, 3.63) is 29.8 Å². The summed E-state index contributed by atoms with van der Waals surface area (Å²) in [6.45, 7) is 0.377. The first-order valence-electron chi connectivity index (χ1n) is 7.76. The molecule has 1 aromatic rings. The number of benzene rings is 1. The van der Waals surface area contributed by atoms with Crippen LogP contribution in [0.15, 0.2) is 24.3 Å². The van der Waals surface area contributed by atoms with E-state index in [1.54, 1.807) is 0 Å². The third kappa shape index (κ3) is 5.19. The van der Waals surface area contributed by atoms with Gasteiger partial charge in [-0.15, -0.1) is 0 Å². The minimum Gasteiger partial charge on any atom is -0.469 e. The largest absolute Gasteiger partial charge is 0.469 e. The maximum Gasteiger partial charge on any atom is 0.416 e. The first-order chi connectivity index (χ1) is 12.2. The number of hydrogen-bond acceptors (Lipinski definition) is 5. The predicted molar refractivity (Wildman–Crippen MR) is 85.1 cm³/mol. The minimum absolute atomic E-state index is 0.00389. The second-order valence-electron chi connectivity index (χ2n) is 5.68. The Hall–Kier alpha value is -2.62. The summed E-state index contributed by atoms with van der Waals surface area (Å²) in [6, 6.07) is 3.38. The molecule has 2 N–H and O–H groups in total. The summed E-state index contributed by atoms with van der Waals surface area (Å²) < 4.78 is 42.7. The van der Waals surface area contributed by atoms with Gasteiger partial charge in [-0.05, 0) is 18.2 Å². The van der Waals surface area contributed by atoms with Crippen molar-refractivity contribution in [2.75, 3.05) is 32.1 Å². The van der Waals surface area contributed by atoms with Crippen molar-refractivity contribution in [3.8, 4) is 0 Å². The molecule has 0 unspecified atom stereocenters. The molecule has 10 heteroatoms. The van der Waals surface area contributed by atoms with Crippen LogP contribution in [0.25, 0.3) is 0 Å². The number of halogens is 3. The van der Waals surface area contributed by atoms with E-state index in [2.05, 4.69) is 15.4 Å². The predicted octanol–water partition coefficient (Wildman–Crippen LogP) is 1.01. The van der Waals surface area contributed by atoms with Crippen molar-refractivity contribution in [1.82, 2.24) is 10.2 Å². The summed E-state index contributed by atoms with van der Waals surface area (Å²) in [7, 11) is 1.19. The van der Waals surface area contributed by atoms with E-state index < -0.39 is 35.6 Å². The summed E-state index contributed by atoms with van der Waals surface area (Å²) in [5.74, 6) is -1.60. The first kappa shape index (κ1) is 19.7. The average Bonchev–Trinajstić information content (AvgIpc) is 2.57. The van der Waals surface area contributed by atoms with E-state index >= 15 is 0 Å². The van der Waals surface area contributed by atoms with Crippen LogP contribution in [0.4, 0.5) is 18.9 Å². The number of esters is 1. The third-order valence-electron chi connectivity index (χ3n) is 3.85. The lowest BCUT2D eigenvalue weighted by Gasteiger charge is -2.33. The monoisotopic (exact) mass is 373 g/mol. The van der Waals surface area contributed by atoms with E-state index in [9.17, 15) is 27.6 Å². The van der Waals surface area contributed by atoms with Crippen LogP contribution < -0.4 is 10.6 Å². The van der Waals surface area contributed by atoms with E-state index in [0.717, 1.165) is 12.1 Å². The van der Waals surface area contributed by atoms with Gasteiger partial charge in [-0.25, -0.2) is 0 Å². The Bertz CT molecular complexity index is 694. The van der Waals surface area contributed by atoms with Crippen LogP contribution in [0, 0.1) is 0 Å². The molecular weight excluding hydrogens is 355 g/mol. The molecule has 0 bridgehead atoms.